The van der Waals surface area contributed by atoms with Crippen LogP contribution in [0.3, 0.4) is 0 Å². The Balaban J connectivity index is 0.00000117. The smallest absolute Gasteiger partial charge is 0.265 e. The summed E-state index contributed by atoms with van der Waals surface area (Å²) in [4.78, 5) is 41.0. The molecule has 1 heterocycles. The van der Waals surface area contributed by atoms with Gasteiger partial charge in [0.15, 0.2) is 0 Å². The summed E-state index contributed by atoms with van der Waals surface area (Å²) in [5, 5.41) is 1.51. The number of carbonyl (C=O) groups excluding carboxylic acids is 3. The normalized spacial score (nSPS) is 12.5. The molecule has 0 spiro atoms. The second kappa shape index (κ2) is 8.24. The molecular formula is C23H23N3O3. The minimum absolute atomic E-state index is 0.0695. The number of anilines is 1. The fourth-order valence-electron chi connectivity index (χ4n) is 3.35. The van der Waals surface area contributed by atoms with E-state index in [0.29, 0.717) is 27.8 Å². The fraction of sp³-hybridized carbons (Fsp3) is 0.174. The van der Waals surface area contributed by atoms with Crippen molar-refractivity contribution in [2.45, 2.75) is 13.8 Å². The van der Waals surface area contributed by atoms with Gasteiger partial charge < -0.3 is 10.6 Å². The maximum Gasteiger partial charge on any atom is 0.265 e. The number of hydrogen-bond donors (Lipinski definition) is 1. The lowest BCUT2D eigenvalue weighted by atomic mass is 9.93. The molecule has 4 rings (SSSR count). The summed E-state index contributed by atoms with van der Waals surface area (Å²) in [6.07, 6.45) is 0. The molecule has 0 unspecified atom stereocenters. The Morgan fingerprint density at radius 2 is 1.48 bits per heavy atom. The molecule has 6 heteroatoms. The number of carbonyl (C=O) groups is 3. The first-order valence-electron chi connectivity index (χ1n) is 9.49. The highest BCUT2D eigenvalue weighted by molar-refractivity contribution is 6.35. The minimum Gasteiger partial charge on any atom is -0.329 e. The van der Waals surface area contributed by atoms with Crippen LogP contribution in [-0.2, 0) is 0 Å². The summed E-state index contributed by atoms with van der Waals surface area (Å²) < 4.78 is 0. The average molecular weight is 389 g/mol. The Morgan fingerprint density at radius 3 is 2.03 bits per heavy atom. The van der Waals surface area contributed by atoms with Gasteiger partial charge in [-0.05, 0) is 35.7 Å². The van der Waals surface area contributed by atoms with Gasteiger partial charge in [0.2, 0.25) is 0 Å². The molecule has 0 aliphatic carbocycles. The molecule has 148 valence electrons. The molecule has 3 amide bonds. The van der Waals surface area contributed by atoms with Crippen molar-refractivity contribution >= 4 is 34.2 Å². The predicted molar refractivity (Wildman–Crippen MR) is 114 cm³/mol. The molecule has 0 saturated carbocycles. The summed E-state index contributed by atoms with van der Waals surface area (Å²) in [6.45, 7) is 4.07. The maximum atomic E-state index is 13.1. The molecule has 0 bridgehead atoms. The quantitative estimate of drug-likeness (QED) is 0.547. The molecule has 2 N–H and O–H groups in total. The number of rotatable bonds is 3. The molecule has 29 heavy (non-hydrogen) atoms. The number of amides is 3. The summed E-state index contributed by atoms with van der Waals surface area (Å²) in [5.41, 5.74) is 7.17. The molecule has 1 aliphatic heterocycles. The van der Waals surface area contributed by atoms with E-state index in [0.717, 1.165) is 10.3 Å². The zero-order valence-corrected chi connectivity index (χ0v) is 16.7. The van der Waals surface area contributed by atoms with Gasteiger partial charge in [-0.3, -0.25) is 14.4 Å². The number of hydrogen-bond acceptors (Lipinski definition) is 4. The van der Waals surface area contributed by atoms with E-state index in [1.54, 1.807) is 55.6 Å². The summed E-state index contributed by atoms with van der Waals surface area (Å²) in [7, 11) is 1.59. The zero-order chi connectivity index (χ0) is 21.1. The second-order valence-corrected chi connectivity index (χ2v) is 6.39. The Morgan fingerprint density at radius 1 is 0.931 bits per heavy atom. The van der Waals surface area contributed by atoms with Crippen molar-refractivity contribution < 1.29 is 14.4 Å². The lowest BCUT2D eigenvalue weighted by Crippen LogP contribution is -2.40. The van der Waals surface area contributed by atoms with E-state index in [4.69, 9.17) is 5.73 Å². The number of nitrogens with zero attached hydrogens (tertiary/aromatic N) is 2. The van der Waals surface area contributed by atoms with Gasteiger partial charge in [0.05, 0.1) is 12.4 Å². The van der Waals surface area contributed by atoms with Crippen LogP contribution >= 0.6 is 0 Å². The number of nitrogens with two attached hydrogens (primary N) is 1. The SMILES string of the molecule is CC.CN(CN)C(=O)c1cccc(N2C(=O)c3cccc4cccc(c34)C2=O)c1. The van der Waals surface area contributed by atoms with E-state index in [9.17, 15) is 14.4 Å². The van der Waals surface area contributed by atoms with Gasteiger partial charge in [-0.2, -0.15) is 0 Å². The third-order valence-electron chi connectivity index (χ3n) is 4.74. The van der Waals surface area contributed by atoms with Gasteiger partial charge in [0, 0.05) is 29.1 Å². The van der Waals surface area contributed by atoms with Gasteiger partial charge in [0.1, 0.15) is 0 Å². The molecule has 0 atom stereocenters. The molecule has 0 aromatic heterocycles. The lowest BCUT2D eigenvalue weighted by molar-refractivity contribution is 0.0796. The van der Waals surface area contributed by atoms with Gasteiger partial charge >= 0.3 is 0 Å². The highest BCUT2D eigenvalue weighted by Gasteiger charge is 2.34. The van der Waals surface area contributed by atoms with E-state index in [-0.39, 0.29) is 12.6 Å². The van der Waals surface area contributed by atoms with E-state index in [1.165, 1.54) is 4.90 Å². The van der Waals surface area contributed by atoms with Crippen LogP contribution in [0.5, 0.6) is 0 Å². The van der Waals surface area contributed by atoms with Crippen LogP contribution in [0.15, 0.2) is 60.7 Å². The average Bonchev–Trinajstić information content (AvgIpc) is 2.78. The highest BCUT2D eigenvalue weighted by atomic mass is 16.2. The Kier molecular flexibility index (Phi) is 5.75. The van der Waals surface area contributed by atoms with Crippen molar-refractivity contribution in [1.29, 1.82) is 0 Å². The third-order valence-corrected chi connectivity index (χ3v) is 4.74. The number of benzene rings is 3. The van der Waals surface area contributed by atoms with Crippen LogP contribution < -0.4 is 10.6 Å². The first-order valence-corrected chi connectivity index (χ1v) is 9.49. The molecule has 0 saturated heterocycles. The van der Waals surface area contributed by atoms with Crippen LogP contribution in [0.2, 0.25) is 0 Å². The molecule has 0 fully saturated rings. The Labute approximate surface area is 169 Å². The predicted octanol–water partition coefficient (Wildman–Crippen LogP) is 3.65. The topological polar surface area (TPSA) is 83.7 Å². The van der Waals surface area contributed by atoms with Crippen LogP contribution in [0.25, 0.3) is 10.8 Å². The van der Waals surface area contributed by atoms with Crippen LogP contribution in [0.4, 0.5) is 5.69 Å². The van der Waals surface area contributed by atoms with Crippen molar-refractivity contribution in [3.05, 3.63) is 77.4 Å². The van der Waals surface area contributed by atoms with Gasteiger partial charge in [-0.25, -0.2) is 4.90 Å². The standard InChI is InChI=1S/C21H17N3O3.C2H6/c1-23(12-22)19(25)14-7-2-8-15(11-14)24-20(26)16-9-3-5-13-6-4-10-17(18(13)16)21(24)27;1-2/h2-11H,12,22H2,1H3;1-2H3. The summed E-state index contributed by atoms with van der Waals surface area (Å²) in [6, 6.07) is 17.2. The van der Waals surface area contributed by atoms with E-state index < -0.39 is 11.8 Å². The van der Waals surface area contributed by atoms with Crippen LogP contribution in [-0.4, -0.2) is 36.3 Å². The fourth-order valence-corrected chi connectivity index (χ4v) is 3.35. The molecular weight excluding hydrogens is 366 g/mol. The Hall–Kier alpha value is -3.51. The van der Waals surface area contributed by atoms with E-state index in [2.05, 4.69) is 0 Å². The van der Waals surface area contributed by atoms with Crippen molar-refractivity contribution in [1.82, 2.24) is 4.90 Å². The van der Waals surface area contributed by atoms with Gasteiger partial charge in [0.25, 0.3) is 17.7 Å². The third kappa shape index (κ3) is 3.39. The van der Waals surface area contributed by atoms with Crippen molar-refractivity contribution in [3.8, 4) is 0 Å². The molecule has 6 nitrogen and oxygen atoms in total. The van der Waals surface area contributed by atoms with Crippen LogP contribution in [0.1, 0.15) is 44.9 Å². The van der Waals surface area contributed by atoms with E-state index >= 15 is 0 Å². The Bertz CT molecular complexity index is 1060. The van der Waals surface area contributed by atoms with Crippen molar-refractivity contribution in [2.24, 2.45) is 5.73 Å². The van der Waals surface area contributed by atoms with Crippen molar-refractivity contribution in [3.63, 3.8) is 0 Å². The van der Waals surface area contributed by atoms with Crippen molar-refractivity contribution in [2.75, 3.05) is 18.6 Å². The maximum absolute atomic E-state index is 13.1. The zero-order valence-electron chi connectivity index (χ0n) is 16.7. The monoisotopic (exact) mass is 389 g/mol. The summed E-state index contributed by atoms with van der Waals surface area (Å²) >= 11 is 0. The summed E-state index contributed by atoms with van der Waals surface area (Å²) in [5.74, 6) is -1.08. The molecule has 0 radical (unpaired) electrons. The first kappa shape index (κ1) is 20.2. The largest absolute Gasteiger partial charge is 0.329 e. The van der Waals surface area contributed by atoms with Crippen LogP contribution in [0, 0.1) is 0 Å². The highest BCUT2D eigenvalue weighted by Crippen LogP contribution is 2.33. The minimum atomic E-state index is -0.402. The molecule has 3 aromatic rings. The molecule has 1 aliphatic rings. The van der Waals surface area contributed by atoms with E-state index in [1.807, 2.05) is 26.0 Å². The number of imide groups is 1. The second-order valence-electron chi connectivity index (χ2n) is 6.39. The first-order chi connectivity index (χ1) is 14.0. The lowest BCUT2D eigenvalue weighted by Gasteiger charge is -2.27. The molecule has 3 aromatic carbocycles. The van der Waals surface area contributed by atoms with Gasteiger partial charge in [-0.1, -0.05) is 44.2 Å². The van der Waals surface area contributed by atoms with Gasteiger partial charge in [-0.15, -0.1) is 0 Å².